The lowest BCUT2D eigenvalue weighted by molar-refractivity contribution is -0.140. The average Bonchev–Trinajstić information content (AvgIpc) is 2.79. The topological polar surface area (TPSA) is 136 Å². The molecule has 0 saturated carbocycles. The average molecular weight is 440 g/mol. The summed E-state index contributed by atoms with van der Waals surface area (Å²) in [5.74, 6) is -0.659. The summed E-state index contributed by atoms with van der Waals surface area (Å²) >= 11 is 0. The maximum Gasteiger partial charge on any atom is 0.319 e. The lowest BCUT2D eigenvalue weighted by atomic mass is 10.1. The highest BCUT2D eigenvalue weighted by Crippen LogP contribution is 2.27. The van der Waals surface area contributed by atoms with Crippen molar-refractivity contribution < 1.29 is 28.6 Å². The van der Waals surface area contributed by atoms with E-state index in [1.54, 1.807) is 30.3 Å². The van der Waals surface area contributed by atoms with Gasteiger partial charge in [0, 0.05) is 11.3 Å². The standard InChI is InChI=1S/C22H21FN4O5/c1-31-20(28)12-25-22(30)26-15-10-18(27-19(11-15)21(24)29)13-2-6-16(7-3-13)32-17-8-4-14(23)5-9-17/h2-11,22,25,30H,12H2,1H3,(H2,24,29)(H,26,27). The number of nitrogens with zero attached hydrogens (tertiary/aromatic N) is 1. The van der Waals surface area contributed by atoms with Gasteiger partial charge in [-0.15, -0.1) is 0 Å². The van der Waals surface area contributed by atoms with Gasteiger partial charge in [-0.25, -0.2) is 9.37 Å². The van der Waals surface area contributed by atoms with Gasteiger partial charge >= 0.3 is 5.97 Å². The number of ether oxygens (including phenoxy) is 2. The normalized spacial score (nSPS) is 11.5. The second-order valence-electron chi connectivity index (χ2n) is 6.57. The van der Waals surface area contributed by atoms with Gasteiger partial charge in [0.05, 0.1) is 19.3 Å². The highest BCUT2D eigenvalue weighted by Gasteiger charge is 2.12. The first kappa shape index (κ1) is 22.7. The molecule has 0 radical (unpaired) electrons. The van der Waals surface area contributed by atoms with Gasteiger partial charge in [-0.05, 0) is 60.7 Å². The van der Waals surface area contributed by atoms with Crippen molar-refractivity contribution in [3.05, 3.63) is 72.2 Å². The Labute approximate surface area is 183 Å². The third kappa shape index (κ3) is 6.24. The number of nitrogens with two attached hydrogens (primary N) is 1. The van der Waals surface area contributed by atoms with E-state index in [2.05, 4.69) is 20.4 Å². The van der Waals surface area contributed by atoms with Gasteiger partial charge in [0.15, 0.2) is 6.35 Å². The van der Waals surface area contributed by atoms with Crippen LogP contribution in [0.2, 0.25) is 0 Å². The quantitative estimate of drug-likeness (QED) is 0.294. The Balaban J connectivity index is 1.77. The molecule has 166 valence electrons. The highest BCUT2D eigenvalue weighted by atomic mass is 19.1. The minimum Gasteiger partial charge on any atom is -0.468 e. The van der Waals surface area contributed by atoms with E-state index in [0.29, 0.717) is 28.4 Å². The molecule has 0 fully saturated rings. The predicted octanol–water partition coefficient (Wildman–Crippen LogP) is 2.23. The summed E-state index contributed by atoms with van der Waals surface area (Å²) < 4.78 is 23.2. The van der Waals surface area contributed by atoms with Crippen LogP contribution in [0, 0.1) is 5.82 Å². The Kier molecular flexibility index (Phi) is 7.32. The van der Waals surface area contributed by atoms with Crippen molar-refractivity contribution in [3.63, 3.8) is 0 Å². The maximum atomic E-state index is 13.0. The molecule has 3 rings (SSSR count). The van der Waals surface area contributed by atoms with E-state index in [9.17, 15) is 19.1 Å². The van der Waals surface area contributed by atoms with Crippen molar-refractivity contribution in [1.29, 1.82) is 0 Å². The monoisotopic (exact) mass is 440 g/mol. The van der Waals surface area contributed by atoms with Gasteiger partial charge in [0.1, 0.15) is 23.0 Å². The fourth-order valence-corrected chi connectivity index (χ4v) is 2.68. The maximum absolute atomic E-state index is 13.0. The SMILES string of the molecule is COC(=O)CNC(O)Nc1cc(C(N)=O)nc(-c2ccc(Oc3ccc(F)cc3)cc2)c1. The number of aromatic nitrogens is 1. The summed E-state index contributed by atoms with van der Waals surface area (Å²) in [6.45, 7) is -0.221. The van der Waals surface area contributed by atoms with Gasteiger partial charge in [-0.3, -0.25) is 14.9 Å². The fourth-order valence-electron chi connectivity index (χ4n) is 2.68. The number of primary amides is 1. The van der Waals surface area contributed by atoms with Crippen molar-refractivity contribution in [2.45, 2.75) is 6.35 Å². The van der Waals surface area contributed by atoms with E-state index in [1.807, 2.05) is 0 Å². The highest BCUT2D eigenvalue weighted by molar-refractivity contribution is 5.92. The first-order valence-corrected chi connectivity index (χ1v) is 9.44. The number of anilines is 1. The van der Waals surface area contributed by atoms with Crippen LogP contribution in [0.15, 0.2) is 60.7 Å². The minimum atomic E-state index is -1.29. The van der Waals surface area contributed by atoms with Gasteiger partial charge < -0.3 is 25.6 Å². The van der Waals surface area contributed by atoms with Crippen LogP contribution in [0.4, 0.5) is 10.1 Å². The molecule has 0 aliphatic rings. The number of carbonyl (C=O) groups excluding carboxylic acids is 2. The Morgan fingerprint density at radius 1 is 1.09 bits per heavy atom. The smallest absolute Gasteiger partial charge is 0.319 e. The number of rotatable bonds is 9. The number of benzene rings is 2. The summed E-state index contributed by atoms with van der Waals surface area (Å²) in [4.78, 5) is 27.1. The Morgan fingerprint density at radius 2 is 1.72 bits per heavy atom. The number of halogens is 1. The number of hydrogen-bond donors (Lipinski definition) is 4. The summed E-state index contributed by atoms with van der Waals surface area (Å²) in [5.41, 5.74) is 6.78. The van der Waals surface area contributed by atoms with Crippen molar-refractivity contribution in [2.24, 2.45) is 5.73 Å². The van der Waals surface area contributed by atoms with Crippen LogP contribution in [0.1, 0.15) is 10.5 Å². The number of methoxy groups -OCH3 is 1. The zero-order valence-corrected chi connectivity index (χ0v) is 17.0. The molecule has 10 heteroatoms. The van der Waals surface area contributed by atoms with Crippen LogP contribution in [0.5, 0.6) is 11.5 Å². The number of pyridine rings is 1. The summed E-state index contributed by atoms with van der Waals surface area (Å²) in [6.07, 6.45) is -1.29. The van der Waals surface area contributed by atoms with E-state index in [4.69, 9.17) is 10.5 Å². The molecule has 1 unspecified atom stereocenters. The summed E-state index contributed by atoms with van der Waals surface area (Å²) in [5, 5.41) is 15.3. The second-order valence-corrected chi connectivity index (χ2v) is 6.57. The molecule has 0 aliphatic heterocycles. The molecule has 0 bridgehead atoms. The third-order valence-electron chi connectivity index (χ3n) is 4.25. The number of aliphatic hydroxyl groups excluding tert-OH is 1. The first-order chi connectivity index (χ1) is 15.3. The molecule has 1 heterocycles. The van der Waals surface area contributed by atoms with Crippen molar-refractivity contribution in [1.82, 2.24) is 10.3 Å². The molecule has 32 heavy (non-hydrogen) atoms. The molecular weight excluding hydrogens is 419 g/mol. The Bertz CT molecular complexity index is 1090. The van der Waals surface area contributed by atoms with Crippen molar-refractivity contribution in [2.75, 3.05) is 19.0 Å². The number of carbonyl (C=O) groups is 2. The largest absolute Gasteiger partial charge is 0.468 e. The molecule has 9 nitrogen and oxygen atoms in total. The lowest BCUT2D eigenvalue weighted by Crippen LogP contribution is -2.39. The van der Waals surface area contributed by atoms with E-state index < -0.39 is 18.2 Å². The Morgan fingerprint density at radius 3 is 2.31 bits per heavy atom. The van der Waals surface area contributed by atoms with E-state index >= 15 is 0 Å². The predicted molar refractivity (Wildman–Crippen MR) is 114 cm³/mol. The molecule has 3 aromatic rings. The van der Waals surface area contributed by atoms with Crippen LogP contribution < -0.4 is 21.1 Å². The van der Waals surface area contributed by atoms with Gasteiger partial charge in [-0.1, -0.05) is 0 Å². The van der Waals surface area contributed by atoms with Gasteiger partial charge in [0.25, 0.3) is 5.91 Å². The first-order valence-electron chi connectivity index (χ1n) is 9.44. The Hall–Kier alpha value is -4.02. The van der Waals surface area contributed by atoms with E-state index in [1.165, 1.54) is 37.4 Å². The molecular formula is C22H21FN4O5. The molecule has 0 aliphatic carbocycles. The molecule has 0 spiro atoms. The van der Waals surface area contributed by atoms with Crippen molar-refractivity contribution in [3.8, 4) is 22.8 Å². The molecule has 1 amide bonds. The van der Waals surface area contributed by atoms with Crippen LogP contribution >= 0.6 is 0 Å². The molecule has 5 N–H and O–H groups in total. The number of amides is 1. The number of aliphatic hydroxyl groups is 1. The van der Waals surface area contributed by atoms with Gasteiger partial charge in [-0.2, -0.15) is 0 Å². The van der Waals surface area contributed by atoms with Gasteiger partial charge in [0.2, 0.25) is 0 Å². The third-order valence-corrected chi connectivity index (χ3v) is 4.25. The molecule has 2 aromatic carbocycles. The summed E-state index contributed by atoms with van der Waals surface area (Å²) in [7, 11) is 1.23. The molecule has 1 aromatic heterocycles. The lowest BCUT2D eigenvalue weighted by Gasteiger charge is -2.16. The second kappa shape index (κ2) is 10.3. The fraction of sp³-hybridized carbons (Fsp3) is 0.136. The van der Waals surface area contributed by atoms with Crippen LogP contribution in [-0.4, -0.2) is 42.0 Å². The zero-order valence-electron chi connectivity index (χ0n) is 17.0. The van der Waals surface area contributed by atoms with E-state index in [-0.39, 0.29) is 18.1 Å². The van der Waals surface area contributed by atoms with Crippen LogP contribution in [0.3, 0.4) is 0 Å². The zero-order chi connectivity index (χ0) is 23.1. The molecule has 1 atom stereocenters. The van der Waals surface area contributed by atoms with E-state index in [0.717, 1.165) is 0 Å². The van der Waals surface area contributed by atoms with Crippen molar-refractivity contribution >= 4 is 17.6 Å². The minimum absolute atomic E-state index is 0.0168. The van der Waals surface area contributed by atoms with Crippen LogP contribution in [-0.2, 0) is 9.53 Å². The number of hydrogen-bond acceptors (Lipinski definition) is 8. The number of nitrogens with one attached hydrogen (secondary N) is 2. The molecule has 0 saturated heterocycles. The number of esters is 1. The summed E-state index contributed by atoms with van der Waals surface area (Å²) in [6, 6.07) is 15.4. The van der Waals surface area contributed by atoms with Crippen LogP contribution in [0.25, 0.3) is 11.3 Å².